The molecule has 21 heavy (non-hydrogen) atoms. The van der Waals surface area contributed by atoms with Crippen molar-refractivity contribution in [3.05, 3.63) is 0 Å². The van der Waals surface area contributed by atoms with Gasteiger partial charge in [-0.25, -0.2) is 4.79 Å². The highest BCUT2D eigenvalue weighted by Gasteiger charge is 2.40. The summed E-state index contributed by atoms with van der Waals surface area (Å²) >= 11 is -1.08. The van der Waals surface area contributed by atoms with Crippen LogP contribution in [0.3, 0.4) is 0 Å². The van der Waals surface area contributed by atoms with Crippen molar-refractivity contribution in [2.45, 2.75) is 71.3 Å². The summed E-state index contributed by atoms with van der Waals surface area (Å²) < 4.78 is 20.5. The molecule has 5 nitrogen and oxygen atoms in total. The number of rotatable bonds is 4. The molecular formula is C15H30N2O3S. The van der Waals surface area contributed by atoms with Crippen molar-refractivity contribution in [3.8, 4) is 0 Å². The van der Waals surface area contributed by atoms with E-state index in [1.165, 1.54) is 0 Å². The minimum absolute atomic E-state index is 0.170. The lowest BCUT2D eigenvalue weighted by Crippen LogP contribution is -2.60. The van der Waals surface area contributed by atoms with E-state index in [2.05, 4.69) is 11.6 Å². The number of nitrogens with one attached hydrogen (secondary N) is 1. The van der Waals surface area contributed by atoms with E-state index < -0.39 is 17.0 Å². The van der Waals surface area contributed by atoms with Crippen LogP contribution in [-0.4, -0.2) is 45.0 Å². The molecule has 1 heterocycles. The first-order valence-electron chi connectivity index (χ1n) is 7.60. The van der Waals surface area contributed by atoms with Crippen molar-refractivity contribution in [2.75, 3.05) is 13.1 Å². The summed E-state index contributed by atoms with van der Waals surface area (Å²) in [5.41, 5.74) is -0.460. The van der Waals surface area contributed by atoms with Gasteiger partial charge in [0.1, 0.15) is 10.3 Å². The lowest BCUT2D eigenvalue weighted by atomic mass is 9.91. The van der Waals surface area contributed by atoms with Gasteiger partial charge < -0.3 is 14.2 Å². The molecule has 6 heteroatoms. The molecule has 1 amide bonds. The Kier molecular flexibility index (Phi) is 5.98. The van der Waals surface area contributed by atoms with Crippen LogP contribution in [0.5, 0.6) is 0 Å². The fraction of sp³-hybridized carbons (Fsp3) is 0.933. The maximum atomic E-state index is 12.2. The largest absolute Gasteiger partial charge is 0.598 e. The van der Waals surface area contributed by atoms with Crippen LogP contribution >= 0.6 is 0 Å². The third-order valence-corrected chi connectivity index (χ3v) is 5.01. The summed E-state index contributed by atoms with van der Waals surface area (Å²) in [7, 11) is 0. The average molecular weight is 318 g/mol. The monoisotopic (exact) mass is 318 g/mol. The van der Waals surface area contributed by atoms with Gasteiger partial charge in [-0.15, -0.1) is 4.72 Å². The van der Waals surface area contributed by atoms with Crippen molar-refractivity contribution in [3.63, 3.8) is 0 Å². The molecule has 0 unspecified atom stereocenters. The van der Waals surface area contributed by atoms with Crippen molar-refractivity contribution in [1.82, 2.24) is 9.62 Å². The summed E-state index contributed by atoms with van der Waals surface area (Å²) in [4.78, 5) is 13.6. The second-order valence-corrected chi connectivity index (χ2v) is 9.66. The highest BCUT2D eigenvalue weighted by atomic mass is 32.2. The first-order chi connectivity index (χ1) is 9.44. The quantitative estimate of drug-likeness (QED) is 0.809. The fourth-order valence-electron chi connectivity index (χ4n) is 2.07. The Labute approximate surface area is 132 Å². The van der Waals surface area contributed by atoms with Crippen LogP contribution in [0.15, 0.2) is 0 Å². The minimum atomic E-state index is -1.08. The van der Waals surface area contributed by atoms with Gasteiger partial charge in [0.2, 0.25) is 0 Å². The molecule has 0 saturated carbocycles. The Morgan fingerprint density at radius 3 is 2.24 bits per heavy atom. The van der Waals surface area contributed by atoms with Crippen LogP contribution in [0.2, 0.25) is 0 Å². The minimum Gasteiger partial charge on any atom is -0.598 e. The van der Waals surface area contributed by atoms with Gasteiger partial charge in [-0.05, 0) is 48.0 Å². The van der Waals surface area contributed by atoms with Crippen LogP contribution < -0.4 is 4.72 Å². The Balaban J connectivity index is 2.45. The third kappa shape index (κ3) is 5.68. The number of amides is 1. The van der Waals surface area contributed by atoms with E-state index in [0.717, 1.165) is 6.42 Å². The third-order valence-electron chi connectivity index (χ3n) is 3.38. The Morgan fingerprint density at radius 2 is 1.86 bits per heavy atom. The van der Waals surface area contributed by atoms with Gasteiger partial charge in [-0.2, -0.15) is 0 Å². The molecule has 124 valence electrons. The zero-order chi connectivity index (χ0) is 16.4. The lowest BCUT2D eigenvalue weighted by molar-refractivity contribution is -0.00569. The molecule has 1 saturated heterocycles. The number of hydrogen-bond donors (Lipinski definition) is 1. The van der Waals surface area contributed by atoms with E-state index in [9.17, 15) is 9.35 Å². The van der Waals surface area contributed by atoms with Gasteiger partial charge in [-0.1, -0.05) is 6.92 Å². The zero-order valence-corrected chi connectivity index (χ0v) is 15.2. The van der Waals surface area contributed by atoms with Crippen molar-refractivity contribution < 1.29 is 14.1 Å². The van der Waals surface area contributed by atoms with E-state index in [1.54, 1.807) is 4.90 Å². The predicted octanol–water partition coefficient (Wildman–Crippen LogP) is 2.68. The zero-order valence-electron chi connectivity index (χ0n) is 14.4. The van der Waals surface area contributed by atoms with Gasteiger partial charge in [0.25, 0.3) is 0 Å². The summed E-state index contributed by atoms with van der Waals surface area (Å²) in [6.45, 7) is 14.9. The Morgan fingerprint density at radius 1 is 1.33 bits per heavy atom. The Bertz CT molecular complexity index is 357. The Hall–Kier alpha value is -0.460. The van der Waals surface area contributed by atoms with Gasteiger partial charge in [0, 0.05) is 30.4 Å². The molecule has 0 aromatic carbocycles. The summed E-state index contributed by atoms with van der Waals surface area (Å²) in [5.74, 6) is 0.341. The maximum absolute atomic E-state index is 12.2. The highest BCUT2D eigenvalue weighted by Crippen LogP contribution is 2.25. The van der Waals surface area contributed by atoms with E-state index >= 15 is 0 Å². The SMILES string of the molecule is CC[C@H](N[S@+]([O-])C(C)(C)C)C1CN(C(=O)OC(C)(C)C)C1. The molecule has 2 atom stereocenters. The number of ether oxygens (including phenoxy) is 1. The van der Waals surface area contributed by atoms with E-state index in [0.29, 0.717) is 19.0 Å². The normalized spacial score (nSPS) is 19.9. The molecule has 0 aliphatic carbocycles. The maximum Gasteiger partial charge on any atom is 0.410 e. The summed E-state index contributed by atoms with van der Waals surface area (Å²) in [6.07, 6.45) is 0.639. The smallest absolute Gasteiger partial charge is 0.410 e. The van der Waals surface area contributed by atoms with Crippen LogP contribution in [0.1, 0.15) is 54.9 Å². The molecule has 1 fully saturated rings. The topological polar surface area (TPSA) is 64.6 Å². The highest BCUT2D eigenvalue weighted by molar-refractivity contribution is 7.90. The van der Waals surface area contributed by atoms with Crippen LogP contribution in [-0.2, 0) is 16.1 Å². The van der Waals surface area contributed by atoms with Crippen LogP contribution in [0.4, 0.5) is 4.79 Å². The first kappa shape index (κ1) is 18.6. The van der Waals surface area contributed by atoms with Gasteiger partial charge in [0.15, 0.2) is 0 Å². The van der Waals surface area contributed by atoms with Crippen LogP contribution in [0.25, 0.3) is 0 Å². The van der Waals surface area contributed by atoms with E-state index in [1.807, 2.05) is 41.5 Å². The molecule has 0 radical (unpaired) electrons. The molecule has 0 bridgehead atoms. The van der Waals surface area contributed by atoms with Crippen molar-refractivity contribution in [2.24, 2.45) is 5.92 Å². The van der Waals surface area contributed by atoms with Gasteiger partial charge in [-0.3, -0.25) is 0 Å². The van der Waals surface area contributed by atoms with Crippen molar-refractivity contribution in [1.29, 1.82) is 0 Å². The number of nitrogens with zero attached hydrogens (tertiary/aromatic N) is 1. The lowest BCUT2D eigenvalue weighted by Gasteiger charge is -2.43. The molecule has 0 spiro atoms. The molecular weight excluding hydrogens is 288 g/mol. The summed E-state index contributed by atoms with van der Waals surface area (Å²) in [6, 6.07) is 0.170. The predicted molar refractivity (Wildman–Crippen MR) is 86.4 cm³/mol. The first-order valence-corrected chi connectivity index (χ1v) is 8.75. The van der Waals surface area contributed by atoms with E-state index in [4.69, 9.17) is 4.74 Å². The molecule has 1 aliphatic rings. The second kappa shape index (κ2) is 6.75. The molecule has 1 N–H and O–H groups in total. The molecule has 1 rings (SSSR count). The second-order valence-electron chi connectivity index (χ2n) is 7.66. The molecule has 0 aromatic heterocycles. The van der Waals surface area contributed by atoms with Gasteiger partial charge >= 0.3 is 6.09 Å². The van der Waals surface area contributed by atoms with Gasteiger partial charge in [0.05, 0.1) is 6.04 Å². The number of carbonyl (C=O) groups is 1. The molecule has 1 aliphatic heterocycles. The van der Waals surface area contributed by atoms with Crippen molar-refractivity contribution >= 4 is 17.5 Å². The summed E-state index contributed by atoms with van der Waals surface area (Å²) in [5, 5.41) is 0. The van der Waals surface area contributed by atoms with E-state index in [-0.39, 0.29) is 16.9 Å². The fourth-order valence-corrected chi connectivity index (χ4v) is 3.06. The number of hydrogen-bond acceptors (Lipinski definition) is 4. The van der Waals surface area contributed by atoms with Crippen LogP contribution in [0, 0.1) is 5.92 Å². The molecule has 0 aromatic rings. The standard InChI is InChI=1S/C15H30N2O3S/c1-8-12(16-21(19)15(5,6)7)11-9-17(10-11)13(18)20-14(2,3)4/h11-12,16H,8-10H2,1-7H3/t12-,21+/m0/s1. The number of likely N-dealkylation sites (tertiary alicyclic amines) is 1. The number of carbonyl (C=O) groups excluding carboxylic acids is 1. The average Bonchev–Trinajstić information content (AvgIpc) is 2.21.